The van der Waals surface area contributed by atoms with E-state index in [0.717, 1.165) is 63.4 Å². The topological polar surface area (TPSA) is 81.5 Å². The molecule has 2 aromatic heterocycles. The number of anilines is 1. The summed E-state index contributed by atoms with van der Waals surface area (Å²) >= 11 is 0. The van der Waals surface area contributed by atoms with E-state index in [4.69, 9.17) is 11.6 Å². The summed E-state index contributed by atoms with van der Waals surface area (Å²) in [4.78, 5) is 33.2. The number of carbonyl (C=O) groups is 1. The van der Waals surface area contributed by atoms with Crippen LogP contribution in [0.2, 0.25) is 0 Å². The van der Waals surface area contributed by atoms with Gasteiger partial charge in [0.1, 0.15) is 0 Å². The molecule has 3 heterocycles. The summed E-state index contributed by atoms with van der Waals surface area (Å²) < 4.78 is 0. The third-order valence-electron chi connectivity index (χ3n) is 7.55. The van der Waals surface area contributed by atoms with Gasteiger partial charge in [-0.2, -0.15) is 0 Å². The molecule has 0 radical (unpaired) electrons. The number of pyridine rings is 1. The molecular weight excluding hydrogens is 438 g/mol. The lowest BCUT2D eigenvalue weighted by atomic mass is 9.77. The fourth-order valence-electron chi connectivity index (χ4n) is 4.89. The number of aromatic amines is 1. The van der Waals surface area contributed by atoms with Crippen LogP contribution in [0.5, 0.6) is 0 Å². The van der Waals surface area contributed by atoms with Crippen LogP contribution >= 0.6 is 0 Å². The minimum Gasteiger partial charge on any atom is -0.363 e. The van der Waals surface area contributed by atoms with Gasteiger partial charge in [-0.25, -0.2) is 9.97 Å². The fourth-order valence-corrected chi connectivity index (χ4v) is 4.89. The number of rotatable bonds is 6. The molecule has 186 valence electrons. The normalized spacial score (nSPS) is 19.1. The third-order valence-corrected chi connectivity index (χ3v) is 7.55. The standard InChI is InChI=1S/C27H37N7O/c1-7-33-14-16-34(17-15-33)27(4,5)21-9-8-20(30-25(35)24-29-18-22(28-6)32-24)23(31-21)19-10-12-26(2,3)13-11-19/h8-10,18H,7,11-17H2,1-5H3,(H,29,32)(H,30,35). The zero-order chi connectivity index (χ0) is 25.2. The molecule has 0 unspecified atom stereocenters. The molecule has 35 heavy (non-hydrogen) atoms. The molecule has 8 nitrogen and oxygen atoms in total. The average molecular weight is 476 g/mol. The largest absolute Gasteiger partial charge is 0.363 e. The van der Waals surface area contributed by atoms with E-state index in [1.165, 1.54) is 11.8 Å². The lowest BCUT2D eigenvalue weighted by Crippen LogP contribution is -2.53. The maximum atomic E-state index is 12.9. The second-order valence-electron chi connectivity index (χ2n) is 10.9. The summed E-state index contributed by atoms with van der Waals surface area (Å²) in [6.45, 7) is 23.6. The maximum absolute atomic E-state index is 12.9. The number of hydrogen-bond acceptors (Lipinski definition) is 5. The van der Waals surface area contributed by atoms with E-state index < -0.39 is 0 Å². The molecule has 2 aliphatic rings. The van der Waals surface area contributed by atoms with Gasteiger partial charge in [-0.1, -0.05) is 33.4 Å². The molecule has 0 bridgehead atoms. The van der Waals surface area contributed by atoms with Gasteiger partial charge in [0, 0.05) is 26.2 Å². The van der Waals surface area contributed by atoms with E-state index in [9.17, 15) is 4.79 Å². The minimum atomic E-state index is -0.373. The molecule has 8 heteroatoms. The van der Waals surface area contributed by atoms with Crippen LogP contribution in [0, 0.1) is 12.0 Å². The Bertz CT molecular complexity index is 1150. The molecule has 1 saturated heterocycles. The zero-order valence-electron chi connectivity index (χ0n) is 21.6. The molecule has 0 saturated carbocycles. The molecule has 4 rings (SSSR count). The number of nitrogens with zero attached hydrogens (tertiary/aromatic N) is 5. The number of H-pyrrole nitrogens is 1. The van der Waals surface area contributed by atoms with E-state index in [2.05, 4.69) is 70.6 Å². The molecule has 1 fully saturated rings. The van der Waals surface area contributed by atoms with Crippen molar-refractivity contribution in [2.45, 2.75) is 59.4 Å². The number of hydrogen-bond donors (Lipinski definition) is 2. The van der Waals surface area contributed by atoms with Crippen molar-refractivity contribution in [1.29, 1.82) is 0 Å². The van der Waals surface area contributed by atoms with E-state index in [-0.39, 0.29) is 28.5 Å². The number of piperazine rings is 1. The van der Waals surface area contributed by atoms with Crippen LogP contribution in [-0.4, -0.2) is 63.4 Å². The van der Waals surface area contributed by atoms with Crippen molar-refractivity contribution in [3.63, 3.8) is 0 Å². The molecule has 2 N–H and O–H groups in total. The first kappa shape index (κ1) is 25.1. The smallest absolute Gasteiger partial charge is 0.314 e. The number of imidazole rings is 1. The van der Waals surface area contributed by atoms with Crippen molar-refractivity contribution >= 4 is 23.0 Å². The van der Waals surface area contributed by atoms with E-state index in [0.29, 0.717) is 5.69 Å². The first-order valence-corrected chi connectivity index (χ1v) is 12.5. The quantitative estimate of drug-likeness (QED) is 0.570. The molecule has 1 amide bonds. The number of nitrogens with one attached hydrogen (secondary N) is 2. The predicted molar refractivity (Wildman–Crippen MR) is 139 cm³/mol. The SMILES string of the molecule is [C-]#[N+]c1cnc(C(=O)Nc2ccc(C(C)(C)N3CCN(CC)CC3)nc2C2=CCC(C)(C)CC2)[nH]1. The van der Waals surface area contributed by atoms with Gasteiger partial charge in [-0.3, -0.25) is 14.7 Å². The zero-order valence-corrected chi connectivity index (χ0v) is 21.6. The van der Waals surface area contributed by atoms with Crippen LogP contribution in [0.3, 0.4) is 0 Å². The number of likely N-dealkylation sites (N-methyl/N-ethyl adjacent to an activating group) is 1. The second kappa shape index (κ2) is 9.92. The van der Waals surface area contributed by atoms with Crippen molar-refractivity contribution in [2.24, 2.45) is 5.41 Å². The van der Waals surface area contributed by atoms with Crippen LogP contribution in [0.25, 0.3) is 10.4 Å². The molecule has 1 aliphatic heterocycles. The summed E-state index contributed by atoms with van der Waals surface area (Å²) in [5, 5.41) is 2.99. The number of allylic oxidation sites excluding steroid dienone is 2. The van der Waals surface area contributed by atoms with E-state index in [1.807, 2.05) is 12.1 Å². The van der Waals surface area contributed by atoms with Crippen molar-refractivity contribution in [2.75, 3.05) is 38.0 Å². The Balaban J connectivity index is 1.66. The highest BCUT2D eigenvalue weighted by Crippen LogP contribution is 2.40. The summed E-state index contributed by atoms with van der Waals surface area (Å²) in [5.74, 6) is -0.00715. The van der Waals surface area contributed by atoms with Gasteiger partial charge in [-0.15, -0.1) is 0 Å². The Labute approximate surface area is 208 Å². The Morgan fingerprint density at radius 3 is 2.60 bits per heavy atom. The Kier molecular flexibility index (Phi) is 7.11. The third kappa shape index (κ3) is 5.47. The molecule has 2 aromatic rings. The summed E-state index contributed by atoms with van der Waals surface area (Å²) in [6.07, 6.45) is 6.63. The van der Waals surface area contributed by atoms with Crippen molar-refractivity contribution in [3.05, 3.63) is 53.0 Å². The Morgan fingerprint density at radius 1 is 1.26 bits per heavy atom. The van der Waals surface area contributed by atoms with Crippen LogP contribution in [0.15, 0.2) is 24.4 Å². The first-order chi connectivity index (χ1) is 16.6. The summed E-state index contributed by atoms with van der Waals surface area (Å²) in [7, 11) is 0. The fraction of sp³-hybridized carbons (Fsp3) is 0.556. The van der Waals surface area contributed by atoms with Gasteiger partial charge in [0.05, 0.1) is 28.8 Å². The van der Waals surface area contributed by atoms with Gasteiger partial charge in [0.2, 0.25) is 5.82 Å². The van der Waals surface area contributed by atoms with Crippen molar-refractivity contribution in [3.8, 4) is 0 Å². The van der Waals surface area contributed by atoms with Gasteiger partial charge < -0.3 is 15.1 Å². The lowest BCUT2D eigenvalue weighted by Gasteiger charge is -2.43. The highest BCUT2D eigenvalue weighted by molar-refractivity contribution is 6.03. The average Bonchev–Trinajstić information content (AvgIpc) is 3.34. The number of carbonyl (C=O) groups excluding carboxylic acids is 1. The first-order valence-electron chi connectivity index (χ1n) is 12.5. The molecular formula is C27H37N7O. The monoisotopic (exact) mass is 475 g/mol. The van der Waals surface area contributed by atoms with Crippen molar-refractivity contribution in [1.82, 2.24) is 24.8 Å². The number of aromatic nitrogens is 3. The summed E-state index contributed by atoms with van der Waals surface area (Å²) in [5.41, 5.74) is 3.74. The highest BCUT2D eigenvalue weighted by Gasteiger charge is 2.34. The maximum Gasteiger partial charge on any atom is 0.314 e. The van der Waals surface area contributed by atoms with Gasteiger partial charge in [-0.05, 0) is 62.8 Å². The second-order valence-corrected chi connectivity index (χ2v) is 10.9. The van der Waals surface area contributed by atoms with Crippen LogP contribution in [-0.2, 0) is 5.54 Å². The Hall–Kier alpha value is -3.02. The molecule has 0 aromatic carbocycles. The van der Waals surface area contributed by atoms with Crippen LogP contribution in [0.4, 0.5) is 11.5 Å². The lowest BCUT2D eigenvalue weighted by molar-refractivity contribution is 0.0502. The predicted octanol–water partition coefficient (Wildman–Crippen LogP) is 5.07. The van der Waals surface area contributed by atoms with E-state index >= 15 is 0 Å². The minimum absolute atomic E-state index is 0.124. The highest BCUT2D eigenvalue weighted by atomic mass is 16.2. The van der Waals surface area contributed by atoms with Crippen molar-refractivity contribution < 1.29 is 4.79 Å². The molecule has 0 atom stereocenters. The number of amides is 1. The molecule has 0 spiro atoms. The summed E-state index contributed by atoms with van der Waals surface area (Å²) in [6, 6.07) is 4.00. The van der Waals surface area contributed by atoms with Gasteiger partial charge in [0.15, 0.2) is 0 Å². The van der Waals surface area contributed by atoms with Crippen LogP contribution in [0.1, 0.15) is 75.9 Å². The van der Waals surface area contributed by atoms with Gasteiger partial charge in [0.25, 0.3) is 5.82 Å². The van der Waals surface area contributed by atoms with Gasteiger partial charge >= 0.3 is 5.91 Å². The van der Waals surface area contributed by atoms with E-state index in [1.54, 1.807) is 0 Å². The molecule has 1 aliphatic carbocycles. The Morgan fingerprint density at radius 2 is 2.00 bits per heavy atom. The van der Waals surface area contributed by atoms with Crippen LogP contribution < -0.4 is 5.32 Å².